The van der Waals surface area contributed by atoms with Crippen LogP contribution in [-0.4, -0.2) is 46.4 Å². The number of rotatable bonds is 5. The second-order valence-electron chi connectivity index (χ2n) is 7.27. The quantitative estimate of drug-likeness (QED) is 0.870. The fraction of sp³-hybridized carbons (Fsp3) is 0.765. The number of carbonyl (C=O) groups excluding carboxylic acids is 1. The number of aryl methyl sites for hydroxylation is 1. The number of aromatic nitrogens is 2. The summed E-state index contributed by atoms with van der Waals surface area (Å²) in [6.45, 7) is 12.4. The van der Waals surface area contributed by atoms with E-state index in [4.69, 9.17) is 0 Å². The maximum absolute atomic E-state index is 12.0. The van der Waals surface area contributed by atoms with E-state index < -0.39 is 0 Å². The van der Waals surface area contributed by atoms with E-state index in [1.807, 2.05) is 18.7 Å². The summed E-state index contributed by atoms with van der Waals surface area (Å²) in [5.41, 5.74) is 2.13. The summed E-state index contributed by atoms with van der Waals surface area (Å²) in [6.07, 6.45) is 3.11. The molecule has 0 aromatic carbocycles. The molecule has 1 aromatic heterocycles. The van der Waals surface area contributed by atoms with Gasteiger partial charge in [0.15, 0.2) is 0 Å². The fourth-order valence-corrected chi connectivity index (χ4v) is 3.54. The van der Waals surface area contributed by atoms with Gasteiger partial charge in [-0.25, -0.2) is 4.79 Å². The van der Waals surface area contributed by atoms with Gasteiger partial charge in [0, 0.05) is 50.5 Å². The van der Waals surface area contributed by atoms with Gasteiger partial charge in [-0.2, -0.15) is 5.10 Å². The van der Waals surface area contributed by atoms with E-state index >= 15 is 0 Å². The molecule has 6 nitrogen and oxygen atoms in total. The van der Waals surface area contributed by atoms with Gasteiger partial charge in [-0.05, 0) is 32.1 Å². The van der Waals surface area contributed by atoms with Gasteiger partial charge in [-0.1, -0.05) is 13.8 Å². The molecule has 0 saturated carbocycles. The Morgan fingerprint density at radius 2 is 2.04 bits per heavy atom. The number of nitrogens with zero attached hydrogens (tertiary/aromatic N) is 3. The Kier molecular flexibility index (Phi) is 6.04. The van der Waals surface area contributed by atoms with E-state index in [0.717, 1.165) is 42.7 Å². The lowest BCUT2D eigenvalue weighted by Crippen LogP contribution is -2.49. The molecule has 2 N–H and O–H groups in total. The molecule has 0 unspecified atom stereocenters. The van der Waals surface area contributed by atoms with Crippen LogP contribution in [0.3, 0.4) is 0 Å². The molecule has 2 heterocycles. The van der Waals surface area contributed by atoms with Crippen molar-refractivity contribution in [1.29, 1.82) is 0 Å². The lowest BCUT2D eigenvalue weighted by atomic mass is 9.92. The van der Waals surface area contributed by atoms with Gasteiger partial charge in [0.2, 0.25) is 0 Å². The predicted octanol–water partition coefficient (Wildman–Crippen LogP) is 1.89. The molecule has 0 spiro atoms. The monoisotopic (exact) mass is 321 g/mol. The van der Waals surface area contributed by atoms with Gasteiger partial charge in [0.25, 0.3) is 0 Å². The van der Waals surface area contributed by atoms with Crippen LogP contribution in [0.25, 0.3) is 0 Å². The van der Waals surface area contributed by atoms with Crippen molar-refractivity contribution >= 4 is 6.03 Å². The molecule has 1 aromatic rings. The standard InChI is InChI=1S/C17H31N5O/c1-12-6-13(2)10-22(9-12)11-14(3)20-17(23)18-7-16-8-19-21(5)15(16)4/h8,12-14H,6-7,9-11H2,1-5H3,(H2,18,20,23)/t12-,13+,14-/m1/s1. The minimum absolute atomic E-state index is 0.112. The highest BCUT2D eigenvalue weighted by Crippen LogP contribution is 2.20. The van der Waals surface area contributed by atoms with Crippen molar-refractivity contribution in [1.82, 2.24) is 25.3 Å². The Bertz CT molecular complexity index is 517. The highest BCUT2D eigenvalue weighted by molar-refractivity contribution is 5.74. The molecule has 2 rings (SSSR count). The van der Waals surface area contributed by atoms with Gasteiger partial charge in [0.05, 0.1) is 6.20 Å². The zero-order valence-corrected chi connectivity index (χ0v) is 15.1. The summed E-state index contributed by atoms with van der Waals surface area (Å²) in [5, 5.41) is 10.1. The number of amides is 2. The summed E-state index contributed by atoms with van der Waals surface area (Å²) in [7, 11) is 1.90. The molecule has 130 valence electrons. The lowest BCUT2D eigenvalue weighted by molar-refractivity contribution is 0.131. The second kappa shape index (κ2) is 7.81. The number of nitrogens with one attached hydrogen (secondary N) is 2. The third kappa shape index (κ3) is 5.23. The molecular formula is C17H31N5O. The smallest absolute Gasteiger partial charge is 0.315 e. The number of hydrogen-bond acceptors (Lipinski definition) is 3. The van der Waals surface area contributed by atoms with Crippen molar-refractivity contribution in [3.05, 3.63) is 17.5 Å². The van der Waals surface area contributed by atoms with Crippen molar-refractivity contribution in [3.8, 4) is 0 Å². The molecule has 1 aliphatic heterocycles. The first-order valence-corrected chi connectivity index (χ1v) is 8.59. The Morgan fingerprint density at radius 1 is 1.39 bits per heavy atom. The van der Waals surface area contributed by atoms with Crippen molar-refractivity contribution in [3.63, 3.8) is 0 Å². The van der Waals surface area contributed by atoms with Gasteiger partial charge in [-0.3, -0.25) is 4.68 Å². The summed E-state index contributed by atoms with van der Waals surface area (Å²) in [6, 6.07) is 0.0290. The van der Waals surface area contributed by atoms with E-state index in [1.54, 1.807) is 6.20 Å². The van der Waals surface area contributed by atoms with Gasteiger partial charge >= 0.3 is 6.03 Å². The van der Waals surface area contributed by atoms with Crippen LogP contribution in [0, 0.1) is 18.8 Å². The molecule has 0 bridgehead atoms. The number of carbonyl (C=O) groups is 1. The summed E-state index contributed by atoms with van der Waals surface area (Å²) >= 11 is 0. The normalized spacial score (nSPS) is 23.5. The van der Waals surface area contributed by atoms with Crippen LogP contribution >= 0.6 is 0 Å². The average molecular weight is 321 g/mol. The first-order valence-electron chi connectivity index (χ1n) is 8.59. The van der Waals surface area contributed by atoms with Gasteiger partial charge in [-0.15, -0.1) is 0 Å². The third-order valence-corrected chi connectivity index (χ3v) is 4.63. The molecule has 6 heteroatoms. The van der Waals surface area contributed by atoms with Gasteiger partial charge < -0.3 is 15.5 Å². The van der Waals surface area contributed by atoms with Crippen LogP contribution < -0.4 is 10.6 Å². The molecular weight excluding hydrogens is 290 g/mol. The zero-order chi connectivity index (χ0) is 17.0. The molecule has 1 aliphatic rings. The lowest BCUT2D eigenvalue weighted by Gasteiger charge is -2.36. The van der Waals surface area contributed by atoms with E-state index in [1.165, 1.54) is 6.42 Å². The van der Waals surface area contributed by atoms with Crippen LogP contribution in [0.4, 0.5) is 4.79 Å². The van der Waals surface area contributed by atoms with E-state index in [9.17, 15) is 4.79 Å². The number of hydrogen-bond donors (Lipinski definition) is 2. The summed E-state index contributed by atoms with van der Waals surface area (Å²) in [4.78, 5) is 14.5. The van der Waals surface area contributed by atoms with Crippen LogP contribution in [0.1, 0.15) is 38.4 Å². The molecule has 0 radical (unpaired) electrons. The number of urea groups is 1. The van der Waals surface area contributed by atoms with Crippen molar-refractivity contribution in [2.75, 3.05) is 19.6 Å². The summed E-state index contributed by atoms with van der Waals surface area (Å²) < 4.78 is 1.82. The fourth-order valence-electron chi connectivity index (χ4n) is 3.54. The molecule has 0 aliphatic carbocycles. The minimum Gasteiger partial charge on any atom is -0.334 e. The molecule has 2 amide bonds. The van der Waals surface area contributed by atoms with Crippen LogP contribution in [0.2, 0.25) is 0 Å². The highest BCUT2D eigenvalue weighted by Gasteiger charge is 2.23. The molecule has 3 atom stereocenters. The van der Waals surface area contributed by atoms with E-state index in [0.29, 0.717) is 6.54 Å². The summed E-state index contributed by atoms with van der Waals surface area (Å²) in [5.74, 6) is 1.49. The van der Waals surface area contributed by atoms with Crippen molar-refractivity contribution < 1.29 is 4.79 Å². The zero-order valence-electron chi connectivity index (χ0n) is 15.1. The predicted molar refractivity (Wildman–Crippen MR) is 92.2 cm³/mol. The Hall–Kier alpha value is -1.56. The van der Waals surface area contributed by atoms with E-state index in [2.05, 4.69) is 41.4 Å². The van der Waals surface area contributed by atoms with E-state index in [-0.39, 0.29) is 12.1 Å². The third-order valence-electron chi connectivity index (χ3n) is 4.63. The topological polar surface area (TPSA) is 62.2 Å². The van der Waals surface area contributed by atoms with Crippen LogP contribution in [0.15, 0.2) is 6.20 Å². The number of piperidine rings is 1. The van der Waals surface area contributed by atoms with Crippen LogP contribution in [-0.2, 0) is 13.6 Å². The van der Waals surface area contributed by atoms with Crippen molar-refractivity contribution in [2.24, 2.45) is 18.9 Å². The highest BCUT2D eigenvalue weighted by atomic mass is 16.2. The second-order valence-corrected chi connectivity index (χ2v) is 7.27. The molecule has 1 fully saturated rings. The first kappa shape index (κ1) is 17.8. The van der Waals surface area contributed by atoms with Gasteiger partial charge in [0.1, 0.15) is 0 Å². The molecule has 23 heavy (non-hydrogen) atoms. The maximum atomic E-state index is 12.0. The largest absolute Gasteiger partial charge is 0.334 e. The maximum Gasteiger partial charge on any atom is 0.315 e. The Morgan fingerprint density at radius 3 is 2.61 bits per heavy atom. The SMILES string of the molecule is Cc1c(CNC(=O)N[C@H](C)CN2C[C@H](C)C[C@H](C)C2)cnn1C. The van der Waals surface area contributed by atoms with Crippen molar-refractivity contribution in [2.45, 2.75) is 46.7 Å². The first-order chi connectivity index (χ1) is 10.8. The average Bonchev–Trinajstić information content (AvgIpc) is 2.75. The number of likely N-dealkylation sites (tertiary alicyclic amines) is 1. The Labute approximate surface area is 139 Å². The Balaban J connectivity index is 1.73. The van der Waals surface area contributed by atoms with Crippen LogP contribution in [0.5, 0.6) is 0 Å². The molecule has 1 saturated heterocycles. The minimum atomic E-state index is -0.112.